The van der Waals surface area contributed by atoms with Crippen LogP contribution in [-0.2, 0) is 0 Å². The zero-order chi connectivity index (χ0) is 16.9. The molecule has 3 rings (SSSR count). The summed E-state index contributed by atoms with van der Waals surface area (Å²) in [6.45, 7) is 9.23. The first kappa shape index (κ1) is 16.4. The van der Waals surface area contributed by atoms with Gasteiger partial charge in [-0.1, -0.05) is 0 Å². The summed E-state index contributed by atoms with van der Waals surface area (Å²) in [5.41, 5.74) is 2.62. The van der Waals surface area contributed by atoms with Crippen molar-refractivity contribution in [3.63, 3.8) is 0 Å². The summed E-state index contributed by atoms with van der Waals surface area (Å²) in [7, 11) is 0. The second kappa shape index (κ2) is 7.40. The molecule has 0 fully saturated rings. The standard InChI is InChI=1S/2C7H4N.C7H7.Bi/c1-8-7-5-3-2-4-6-7;8-6-7-4-2-1-3-5-7;1-7-5-3-2-4-6-7;/h3-6H;2-5H;3-6H,1H3;. The Hall–Kier alpha value is -2.48. The number of hydrogen-bond donors (Lipinski definition) is 0. The molecule has 0 N–H and O–H groups in total. The molecule has 3 aromatic rings. The van der Waals surface area contributed by atoms with E-state index in [9.17, 15) is 0 Å². The summed E-state index contributed by atoms with van der Waals surface area (Å²) < 4.78 is 4.07. The van der Waals surface area contributed by atoms with Crippen molar-refractivity contribution in [2.24, 2.45) is 0 Å². The molecule has 0 amide bonds. The maximum absolute atomic E-state index is 9.03. The minimum absolute atomic E-state index is 0.673. The van der Waals surface area contributed by atoms with Crippen LogP contribution in [0, 0.1) is 24.8 Å². The zero-order valence-electron chi connectivity index (χ0n) is 13.3. The van der Waals surface area contributed by atoms with Crippen LogP contribution in [0.2, 0.25) is 0 Å². The van der Waals surface area contributed by atoms with Crippen molar-refractivity contribution < 1.29 is 0 Å². The quantitative estimate of drug-likeness (QED) is 0.399. The van der Waals surface area contributed by atoms with Crippen LogP contribution in [0.4, 0.5) is 5.69 Å². The van der Waals surface area contributed by atoms with Gasteiger partial charge in [0.1, 0.15) is 0 Å². The molecule has 0 radical (unpaired) electrons. The number of aryl methyl sites for hydroxylation is 1. The molecule has 0 aromatic heterocycles. The molecule has 114 valence electrons. The van der Waals surface area contributed by atoms with Gasteiger partial charge in [0.15, 0.2) is 0 Å². The molecule has 0 atom stereocenters. The van der Waals surface area contributed by atoms with Gasteiger partial charge in [-0.25, -0.2) is 0 Å². The fraction of sp³-hybridized carbons (Fsp3) is 0.0476. The van der Waals surface area contributed by atoms with Crippen molar-refractivity contribution in [1.29, 1.82) is 5.26 Å². The van der Waals surface area contributed by atoms with E-state index in [1.807, 2.05) is 24.3 Å². The molecule has 3 aromatic carbocycles. The zero-order valence-corrected chi connectivity index (χ0v) is 16.7. The average Bonchev–Trinajstić information content (AvgIpc) is 2.64. The van der Waals surface area contributed by atoms with Gasteiger partial charge in [0.25, 0.3) is 0 Å². The Bertz CT molecular complexity index is 855. The number of rotatable bonds is 3. The second-order valence-corrected chi connectivity index (χ2v) is 14.1. The third kappa shape index (κ3) is 3.54. The van der Waals surface area contributed by atoms with Crippen molar-refractivity contribution in [3.05, 3.63) is 95.3 Å². The van der Waals surface area contributed by atoms with Crippen molar-refractivity contribution in [3.8, 4) is 6.07 Å². The van der Waals surface area contributed by atoms with Gasteiger partial charge in [0.05, 0.1) is 0 Å². The van der Waals surface area contributed by atoms with Crippen molar-refractivity contribution in [1.82, 2.24) is 0 Å². The van der Waals surface area contributed by atoms with E-state index in [2.05, 4.69) is 66.4 Å². The second-order valence-electron chi connectivity index (χ2n) is 5.46. The predicted octanol–water partition coefficient (Wildman–Crippen LogP) is 2.93. The van der Waals surface area contributed by atoms with Crippen molar-refractivity contribution in [2.75, 3.05) is 0 Å². The van der Waals surface area contributed by atoms with Crippen LogP contribution in [0.25, 0.3) is 4.85 Å². The molecule has 0 unspecified atom stereocenters. The van der Waals surface area contributed by atoms with Crippen molar-refractivity contribution >= 4 is 37.3 Å². The predicted molar refractivity (Wildman–Crippen MR) is 99.7 cm³/mol. The van der Waals surface area contributed by atoms with Crippen LogP contribution < -0.4 is 9.81 Å². The van der Waals surface area contributed by atoms with Gasteiger partial charge >= 0.3 is 151 Å². The molecule has 0 aliphatic carbocycles. The molecule has 0 saturated carbocycles. The number of nitriles is 1. The van der Waals surface area contributed by atoms with Gasteiger partial charge in [-0.05, 0) is 0 Å². The molecule has 0 saturated heterocycles. The van der Waals surface area contributed by atoms with Gasteiger partial charge in [0, 0.05) is 0 Å². The van der Waals surface area contributed by atoms with E-state index in [0.29, 0.717) is 11.3 Å². The molecule has 0 aliphatic rings. The maximum atomic E-state index is 9.03. The summed E-state index contributed by atoms with van der Waals surface area (Å²) >= 11 is -2.39. The van der Waals surface area contributed by atoms with Crippen LogP contribution >= 0.6 is 0 Å². The van der Waals surface area contributed by atoms with Gasteiger partial charge in [-0.3, -0.25) is 0 Å². The van der Waals surface area contributed by atoms with Gasteiger partial charge in [-0.2, -0.15) is 0 Å². The molecular weight excluding hydrogens is 489 g/mol. The van der Waals surface area contributed by atoms with E-state index >= 15 is 0 Å². The summed E-state index contributed by atoms with van der Waals surface area (Å²) in [4.78, 5) is 3.49. The van der Waals surface area contributed by atoms with Gasteiger partial charge in [0.2, 0.25) is 0 Å². The first-order valence-corrected chi connectivity index (χ1v) is 12.8. The first-order chi connectivity index (χ1) is 11.7. The molecule has 24 heavy (non-hydrogen) atoms. The first-order valence-electron chi connectivity index (χ1n) is 7.56. The van der Waals surface area contributed by atoms with Crippen molar-refractivity contribution in [2.45, 2.75) is 6.92 Å². The third-order valence-corrected chi connectivity index (χ3v) is 13.3. The summed E-state index contributed by atoms with van der Waals surface area (Å²) in [6, 6.07) is 27.0. The van der Waals surface area contributed by atoms with E-state index in [1.54, 1.807) is 0 Å². The van der Waals surface area contributed by atoms with Crippen LogP contribution in [0.1, 0.15) is 11.1 Å². The summed E-state index contributed by atoms with van der Waals surface area (Å²) in [5.74, 6) is 0. The SMILES string of the molecule is [C-]#[N+]c1cc[c]([Bi]([c]2ccc(C)cc2)[c]2ccc(C#N)cc2)cc1. The molecule has 3 heteroatoms. The molecular formula is C21H15BiN2. The van der Waals surface area contributed by atoms with Crippen LogP contribution in [0.5, 0.6) is 0 Å². The monoisotopic (exact) mass is 504 g/mol. The number of nitrogens with zero attached hydrogens (tertiary/aromatic N) is 2. The van der Waals surface area contributed by atoms with E-state index < -0.39 is 21.8 Å². The fourth-order valence-corrected chi connectivity index (χ4v) is 11.2. The molecule has 0 heterocycles. The van der Waals surface area contributed by atoms with Crippen LogP contribution in [0.3, 0.4) is 0 Å². The van der Waals surface area contributed by atoms with Crippen LogP contribution in [-0.4, -0.2) is 21.8 Å². The van der Waals surface area contributed by atoms with E-state index in [0.717, 1.165) is 0 Å². The third-order valence-electron chi connectivity index (χ3n) is 3.78. The number of benzene rings is 3. The normalized spacial score (nSPS) is 10.2. The van der Waals surface area contributed by atoms with Gasteiger partial charge in [-0.15, -0.1) is 0 Å². The Morgan fingerprint density at radius 1 is 0.792 bits per heavy atom. The molecule has 0 aliphatic heterocycles. The van der Waals surface area contributed by atoms with Gasteiger partial charge < -0.3 is 0 Å². The molecule has 0 spiro atoms. The topological polar surface area (TPSA) is 28.1 Å². The van der Waals surface area contributed by atoms with E-state index in [4.69, 9.17) is 11.8 Å². The van der Waals surface area contributed by atoms with E-state index in [-0.39, 0.29) is 0 Å². The Balaban J connectivity index is 2.10. The summed E-state index contributed by atoms with van der Waals surface area (Å²) in [6.07, 6.45) is 0. The van der Waals surface area contributed by atoms with E-state index in [1.165, 1.54) is 15.4 Å². The minimum atomic E-state index is -2.39. The van der Waals surface area contributed by atoms with Crippen LogP contribution in [0.15, 0.2) is 72.8 Å². The Morgan fingerprint density at radius 3 is 1.71 bits per heavy atom. The molecule has 0 bridgehead atoms. The fourth-order valence-electron chi connectivity index (χ4n) is 2.50. The Morgan fingerprint density at radius 2 is 1.25 bits per heavy atom. The molecule has 2 nitrogen and oxygen atoms in total. The summed E-state index contributed by atoms with van der Waals surface area (Å²) in [5, 5.41) is 9.03. The Labute approximate surface area is 150 Å². The number of hydrogen-bond acceptors (Lipinski definition) is 1. The Kier molecular flexibility index (Phi) is 5.05. The average molecular weight is 504 g/mol.